The molecule has 0 saturated heterocycles. The normalized spacial score (nSPS) is 12.7. The molecule has 0 unspecified atom stereocenters. The van der Waals surface area contributed by atoms with Gasteiger partial charge in [0.25, 0.3) is 5.91 Å². The number of aromatic nitrogens is 3. The smallest absolute Gasteiger partial charge is 0.257 e. The van der Waals surface area contributed by atoms with Gasteiger partial charge in [0.2, 0.25) is 0 Å². The van der Waals surface area contributed by atoms with Gasteiger partial charge in [-0.2, -0.15) is 10.4 Å². The third-order valence-electron chi connectivity index (χ3n) is 4.34. The van der Waals surface area contributed by atoms with Gasteiger partial charge in [0.1, 0.15) is 5.82 Å². The molecule has 1 aliphatic rings. The molecule has 3 aromatic rings. The van der Waals surface area contributed by atoms with Crippen molar-refractivity contribution in [2.45, 2.75) is 20.0 Å². The van der Waals surface area contributed by atoms with Crippen LogP contribution in [0.5, 0.6) is 0 Å². The van der Waals surface area contributed by atoms with E-state index < -0.39 is 11.7 Å². The van der Waals surface area contributed by atoms with Crippen LogP contribution in [-0.2, 0) is 13.1 Å². The average molecular weight is 347 g/mol. The predicted octanol–water partition coefficient (Wildman–Crippen LogP) is 2.74. The summed E-state index contributed by atoms with van der Waals surface area (Å²) in [5, 5.41) is 13.5. The van der Waals surface area contributed by atoms with Crippen molar-refractivity contribution in [1.82, 2.24) is 19.7 Å². The average Bonchev–Trinajstić information content (AvgIpc) is 3.21. The lowest BCUT2D eigenvalue weighted by Crippen LogP contribution is -2.27. The largest absolute Gasteiger partial charge is 0.328 e. The Kier molecular flexibility index (Phi) is 3.73. The molecule has 1 aliphatic heterocycles. The van der Waals surface area contributed by atoms with E-state index in [1.165, 1.54) is 17.0 Å². The van der Waals surface area contributed by atoms with Gasteiger partial charge in [0.15, 0.2) is 0 Å². The molecule has 0 atom stereocenters. The first kappa shape index (κ1) is 16.0. The van der Waals surface area contributed by atoms with Crippen molar-refractivity contribution in [2.24, 2.45) is 0 Å². The lowest BCUT2D eigenvalue weighted by atomic mass is 10.1. The number of nitriles is 1. The second-order valence-electron chi connectivity index (χ2n) is 6.17. The van der Waals surface area contributed by atoms with Crippen molar-refractivity contribution in [2.75, 3.05) is 0 Å². The lowest BCUT2D eigenvalue weighted by Gasteiger charge is -2.16. The van der Waals surface area contributed by atoms with E-state index in [0.29, 0.717) is 13.1 Å². The zero-order chi connectivity index (χ0) is 18.3. The number of pyridine rings is 1. The van der Waals surface area contributed by atoms with Crippen LogP contribution in [0.4, 0.5) is 4.39 Å². The zero-order valence-corrected chi connectivity index (χ0v) is 14.0. The Morgan fingerprint density at radius 2 is 2.12 bits per heavy atom. The maximum atomic E-state index is 14.0. The van der Waals surface area contributed by atoms with Crippen LogP contribution in [0.1, 0.15) is 32.9 Å². The molecule has 0 fully saturated rings. The van der Waals surface area contributed by atoms with Crippen LogP contribution < -0.4 is 0 Å². The highest BCUT2D eigenvalue weighted by Crippen LogP contribution is 2.25. The number of amides is 1. The number of hydrogen-bond acceptors (Lipinski definition) is 4. The summed E-state index contributed by atoms with van der Waals surface area (Å²) < 4.78 is 15.8. The van der Waals surface area contributed by atoms with Crippen LogP contribution in [0.2, 0.25) is 0 Å². The fourth-order valence-corrected chi connectivity index (χ4v) is 3.03. The first-order valence-electron chi connectivity index (χ1n) is 8.04. The second kappa shape index (κ2) is 6.08. The highest BCUT2D eigenvalue weighted by molar-refractivity contribution is 5.95. The van der Waals surface area contributed by atoms with Crippen LogP contribution in [0.3, 0.4) is 0 Å². The van der Waals surface area contributed by atoms with E-state index in [-0.39, 0.29) is 11.1 Å². The van der Waals surface area contributed by atoms with E-state index in [2.05, 4.69) is 10.1 Å². The summed E-state index contributed by atoms with van der Waals surface area (Å²) in [7, 11) is 0. The summed E-state index contributed by atoms with van der Waals surface area (Å²) in [5.41, 5.74) is 3.66. The van der Waals surface area contributed by atoms with Crippen molar-refractivity contribution in [3.63, 3.8) is 0 Å². The minimum Gasteiger partial charge on any atom is -0.328 e. The maximum Gasteiger partial charge on any atom is 0.257 e. The minimum atomic E-state index is -0.629. The van der Waals surface area contributed by atoms with Gasteiger partial charge in [0, 0.05) is 30.2 Å². The Balaban J connectivity index is 1.57. The van der Waals surface area contributed by atoms with Crippen LogP contribution in [-0.4, -0.2) is 25.6 Å². The Labute approximate surface area is 149 Å². The van der Waals surface area contributed by atoms with Crippen molar-refractivity contribution >= 4 is 5.91 Å². The molecule has 7 heteroatoms. The standard InChI is InChI=1S/C19H14FN5O/c1-12-6-15(4-5-22-12)25-10-14-9-24(11-18(14)23-25)19(26)16-7-13(8-21)2-3-17(16)20/h2-7,10H,9,11H2,1H3. The molecule has 0 radical (unpaired) electrons. The number of carbonyl (C=O) groups is 1. The highest BCUT2D eigenvalue weighted by atomic mass is 19.1. The molecule has 4 rings (SSSR count). The monoisotopic (exact) mass is 347 g/mol. The number of carbonyl (C=O) groups excluding carboxylic acids is 1. The Morgan fingerprint density at radius 1 is 1.27 bits per heavy atom. The van der Waals surface area contributed by atoms with Gasteiger partial charge in [-0.3, -0.25) is 9.78 Å². The first-order valence-corrected chi connectivity index (χ1v) is 8.04. The molecular formula is C19H14FN5O. The van der Waals surface area contributed by atoms with E-state index >= 15 is 0 Å². The fraction of sp³-hybridized carbons (Fsp3) is 0.158. The molecule has 0 bridgehead atoms. The van der Waals surface area contributed by atoms with Crippen LogP contribution in [0, 0.1) is 24.1 Å². The van der Waals surface area contributed by atoms with Gasteiger partial charge >= 0.3 is 0 Å². The molecule has 26 heavy (non-hydrogen) atoms. The van der Waals surface area contributed by atoms with Crippen molar-refractivity contribution in [3.8, 4) is 11.8 Å². The molecule has 1 aromatic carbocycles. The van der Waals surface area contributed by atoms with Gasteiger partial charge in [-0.15, -0.1) is 0 Å². The maximum absolute atomic E-state index is 14.0. The number of fused-ring (bicyclic) bond motifs is 1. The van der Waals surface area contributed by atoms with Gasteiger partial charge in [-0.1, -0.05) is 0 Å². The van der Waals surface area contributed by atoms with Crippen LogP contribution in [0.25, 0.3) is 5.69 Å². The number of aryl methyl sites for hydroxylation is 1. The second-order valence-corrected chi connectivity index (χ2v) is 6.17. The highest BCUT2D eigenvalue weighted by Gasteiger charge is 2.29. The Hall–Kier alpha value is -3.53. The van der Waals surface area contributed by atoms with E-state index in [0.717, 1.165) is 28.7 Å². The van der Waals surface area contributed by atoms with Gasteiger partial charge in [-0.25, -0.2) is 9.07 Å². The van der Waals surface area contributed by atoms with Crippen LogP contribution in [0.15, 0.2) is 42.7 Å². The van der Waals surface area contributed by atoms with Crippen molar-refractivity contribution < 1.29 is 9.18 Å². The Bertz CT molecular complexity index is 1040. The molecule has 6 nitrogen and oxygen atoms in total. The SMILES string of the molecule is Cc1cc(-n2cc3c(n2)CN(C(=O)c2cc(C#N)ccc2F)C3)ccn1. The summed E-state index contributed by atoms with van der Waals surface area (Å²) in [6.07, 6.45) is 3.59. The molecular weight excluding hydrogens is 333 g/mol. The molecule has 0 saturated carbocycles. The molecule has 0 aliphatic carbocycles. The Morgan fingerprint density at radius 3 is 2.85 bits per heavy atom. The topological polar surface area (TPSA) is 74.8 Å². The van der Waals surface area contributed by atoms with Gasteiger partial charge < -0.3 is 4.90 Å². The summed E-state index contributed by atoms with van der Waals surface area (Å²) in [4.78, 5) is 18.3. The minimum absolute atomic E-state index is 0.0909. The van der Waals surface area contributed by atoms with E-state index in [1.807, 2.05) is 31.3 Å². The number of rotatable bonds is 2. The summed E-state index contributed by atoms with van der Waals surface area (Å²) in [6.45, 7) is 2.57. The fourth-order valence-electron chi connectivity index (χ4n) is 3.03. The number of nitrogens with zero attached hydrogens (tertiary/aromatic N) is 5. The number of hydrogen-bond donors (Lipinski definition) is 0. The van der Waals surface area contributed by atoms with E-state index in [4.69, 9.17) is 5.26 Å². The van der Waals surface area contributed by atoms with Gasteiger partial charge in [-0.05, 0) is 37.3 Å². The third-order valence-corrected chi connectivity index (χ3v) is 4.34. The first-order chi connectivity index (χ1) is 12.5. The summed E-state index contributed by atoms with van der Waals surface area (Å²) in [5.74, 6) is -1.07. The number of benzene rings is 1. The molecule has 2 aromatic heterocycles. The predicted molar refractivity (Wildman–Crippen MR) is 90.8 cm³/mol. The molecule has 0 N–H and O–H groups in total. The van der Waals surface area contributed by atoms with Crippen molar-refractivity contribution in [1.29, 1.82) is 5.26 Å². The van der Waals surface area contributed by atoms with Crippen LogP contribution >= 0.6 is 0 Å². The third kappa shape index (κ3) is 2.71. The summed E-state index contributed by atoms with van der Waals surface area (Å²) in [6, 6.07) is 9.50. The lowest BCUT2D eigenvalue weighted by molar-refractivity contribution is 0.0744. The quantitative estimate of drug-likeness (QED) is 0.714. The summed E-state index contributed by atoms with van der Waals surface area (Å²) >= 11 is 0. The molecule has 128 valence electrons. The molecule has 3 heterocycles. The van der Waals surface area contributed by atoms with E-state index in [9.17, 15) is 9.18 Å². The zero-order valence-electron chi connectivity index (χ0n) is 14.0. The van der Waals surface area contributed by atoms with Crippen molar-refractivity contribution in [3.05, 3.63) is 76.6 Å². The van der Waals surface area contributed by atoms with E-state index in [1.54, 1.807) is 10.9 Å². The van der Waals surface area contributed by atoms with Gasteiger partial charge in [0.05, 0.1) is 35.1 Å². The molecule has 1 amide bonds. The number of halogens is 1. The molecule has 0 spiro atoms.